The first-order chi connectivity index (χ1) is 11.3. The maximum Gasteiger partial charge on any atom is 0.305 e. The topological polar surface area (TPSA) is 69.9 Å². The van der Waals surface area contributed by atoms with Crippen molar-refractivity contribution >= 4 is 21.9 Å². The van der Waals surface area contributed by atoms with Crippen molar-refractivity contribution in [1.82, 2.24) is 19.5 Å². The lowest BCUT2D eigenvalue weighted by Gasteiger charge is -2.13. The minimum atomic E-state index is -0.309. The monoisotopic (exact) mass is 304 g/mol. The number of ether oxygens (including phenoxy) is 1. The Labute approximate surface area is 131 Å². The second-order valence-electron chi connectivity index (χ2n) is 4.97. The average molecular weight is 304 g/mol. The second kappa shape index (κ2) is 5.17. The SMILES string of the molecule is COc1nc2nccnc2c(=O)n1-c1cccc2ccccc12. The predicted octanol–water partition coefficient (Wildman–Crippen LogP) is 2.34. The van der Waals surface area contributed by atoms with Crippen LogP contribution in [0.4, 0.5) is 0 Å². The van der Waals surface area contributed by atoms with Crippen LogP contribution in [0.5, 0.6) is 6.01 Å². The zero-order valence-corrected chi connectivity index (χ0v) is 12.3. The molecule has 0 bridgehead atoms. The van der Waals surface area contributed by atoms with Crippen LogP contribution < -0.4 is 10.3 Å². The summed E-state index contributed by atoms with van der Waals surface area (Å²) in [6, 6.07) is 13.8. The van der Waals surface area contributed by atoms with Gasteiger partial charge in [-0.15, -0.1) is 0 Å². The molecule has 6 heteroatoms. The smallest absolute Gasteiger partial charge is 0.305 e. The molecule has 2 aromatic heterocycles. The van der Waals surface area contributed by atoms with Gasteiger partial charge in [0.05, 0.1) is 12.8 Å². The van der Waals surface area contributed by atoms with Gasteiger partial charge < -0.3 is 4.74 Å². The van der Waals surface area contributed by atoms with Gasteiger partial charge >= 0.3 is 6.01 Å². The molecular weight excluding hydrogens is 292 g/mol. The number of rotatable bonds is 2. The standard InChI is InChI=1S/C17H12N4O2/c1-23-17-20-15-14(18-9-10-19-15)16(22)21(17)13-8-4-6-11-5-2-3-7-12(11)13/h2-10H,1H3. The zero-order valence-electron chi connectivity index (χ0n) is 12.3. The first-order valence-corrected chi connectivity index (χ1v) is 7.05. The lowest BCUT2D eigenvalue weighted by atomic mass is 10.1. The Hall–Kier alpha value is -3.28. The summed E-state index contributed by atoms with van der Waals surface area (Å²) in [6.45, 7) is 0. The molecule has 0 aliphatic rings. The van der Waals surface area contributed by atoms with E-state index in [1.807, 2.05) is 42.5 Å². The summed E-state index contributed by atoms with van der Waals surface area (Å²) in [5.41, 5.74) is 0.869. The molecule has 0 unspecified atom stereocenters. The molecule has 0 saturated carbocycles. The third kappa shape index (κ3) is 2.03. The fourth-order valence-corrected chi connectivity index (χ4v) is 2.65. The van der Waals surface area contributed by atoms with Gasteiger partial charge in [0.15, 0.2) is 11.2 Å². The zero-order chi connectivity index (χ0) is 15.8. The van der Waals surface area contributed by atoms with Gasteiger partial charge in [0, 0.05) is 17.8 Å². The van der Waals surface area contributed by atoms with E-state index in [2.05, 4.69) is 15.0 Å². The molecule has 6 nitrogen and oxygen atoms in total. The molecule has 2 heterocycles. The molecule has 0 atom stereocenters. The summed E-state index contributed by atoms with van der Waals surface area (Å²) in [7, 11) is 1.48. The van der Waals surface area contributed by atoms with Crippen LogP contribution in [0.2, 0.25) is 0 Å². The summed E-state index contributed by atoms with van der Waals surface area (Å²) in [5, 5.41) is 1.96. The molecule has 2 aromatic carbocycles. The van der Waals surface area contributed by atoms with Crippen molar-refractivity contribution in [2.75, 3.05) is 7.11 Å². The van der Waals surface area contributed by atoms with E-state index in [0.29, 0.717) is 5.69 Å². The van der Waals surface area contributed by atoms with Gasteiger partial charge in [0.1, 0.15) is 0 Å². The van der Waals surface area contributed by atoms with Crippen molar-refractivity contribution in [1.29, 1.82) is 0 Å². The van der Waals surface area contributed by atoms with Crippen LogP contribution in [0.25, 0.3) is 27.6 Å². The van der Waals surface area contributed by atoms with Gasteiger partial charge in [0.25, 0.3) is 5.56 Å². The fourth-order valence-electron chi connectivity index (χ4n) is 2.65. The minimum absolute atomic E-state index is 0.180. The Bertz CT molecular complexity index is 1080. The van der Waals surface area contributed by atoms with Gasteiger partial charge in [-0.3, -0.25) is 4.79 Å². The van der Waals surface area contributed by atoms with Crippen LogP contribution in [0.1, 0.15) is 0 Å². The number of benzene rings is 2. The molecule has 0 N–H and O–H groups in total. The highest BCUT2D eigenvalue weighted by Gasteiger charge is 2.16. The molecular formula is C17H12N4O2. The van der Waals surface area contributed by atoms with E-state index >= 15 is 0 Å². The lowest BCUT2D eigenvalue weighted by molar-refractivity contribution is 0.368. The summed E-state index contributed by atoms with van der Waals surface area (Å²) < 4.78 is 6.75. The molecule has 0 aliphatic carbocycles. The van der Waals surface area contributed by atoms with Crippen LogP contribution in [0, 0.1) is 0 Å². The predicted molar refractivity (Wildman–Crippen MR) is 87.0 cm³/mol. The summed E-state index contributed by atoms with van der Waals surface area (Å²) in [6.07, 6.45) is 2.97. The molecule has 0 amide bonds. The Balaban J connectivity index is 2.16. The molecule has 0 saturated heterocycles. The molecule has 4 rings (SSSR count). The second-order valence-corrected chi connectivity index (χ2v) is 4.97. The van der Waals surface area contributed by atoms with Crippen LogP contribution in [0.15, 0.2) is 59.7 Å². The van der Waals surface area contributed by atoms with Crippen molar-refractivity contribution in [2.45, 2.75) is 0 Å². The Kier molecular flexibility index (Phi) is 3.01. The van der Waals surface area contributed by atoms with Gasteiger partial charge in [-0.1, -0.05) is 36.4 Å². The van der Waals surface area contributed by atoms with E-state index in [1.54, 1.807) is 0 Å². The van der Waals surface area contributed by atoms with Gasteiger partial charge in [-0.2, -0.15) is 4.98 Å². The number of methoxy groups -OCH3 is 1. The first kappa shape index (κ1) is 13.4. The minimum Gasteiger partial charge on any atom is -0.468 e. The van der Waals surface area contributed by atoms with Crippen LogP contribution in [0.3, 0.4) is 0 Å². The molecule has 0 spiro atoms. The molecule has 0 radical (unpaired) electrons. The molecule has 23 heavy (non-hydrogen) atoms. The fraction of sp³-hybridized carbons (Fsp3) is 0.0588. The van der Waals surface area contributed by atoms with Crippen LogP contribution in [-0.4, -0.2) is 26.6 Å². The highest BCUT2D eigenvalue weighted by Crippen LogP contribution is 2.24. The maximum atomic E-state index is 12.9. The van der Waals surface area contributed by atoms with Gasteiger partial charge in [-0.05, 0) is 11.5 Å². The van der Waals surface area contributed by atoms with Crippen molar-refractivity contribution in [3.8, 4) is 11.7 Å². The van der Waals surface area contributed by atoms with E-state index in [-0.39, 0.29) is 22.7 Å². The van der Waals surface area contributed by atoms with E-state index in [9.17, 15) is 4.79 Å². The third-order valence-electron chi connectivity index (χ3n) is 3.67. The first-order valence-electron chi connectivity index (χ1n) is 7.05. The number of nitrogens with zero attached hydrogens (tertiary/aromatic N) is 4. The Morgan fingerprint density at radius 3 is 2.65 bits per heavy atom. The molecule has 0 aliphatic heterocycles. The van der Waals surface area contributed by atoms with Crippen molar-refractivity contribution in [2.24, 2.45) is 0 Å². The third-order valence-corrected chi connectivity index (χ3v) is 3.67. The average Bonchev–Trinajstić information content (AvgIpc) is 2.61. The highest BCUT2D eigenvalue weighted by atomic mass is 16.5. The lowest BCUT2D eigenvalue weighted by Crippen LogP contribution is -2.23. The van der Waals surface area contributed by atoms with Crippen LogP contribution in [-0.2, 0) is 0 Å². The number of fused-ring (bicyclic) bond motifs is 2. The summed E-state index contributed by atoms with van der Waals surface area (Å²) >= 11 is 0. The van der Waals surface area contributed by atoms with Crippen molar-refractivity contribution in [3.63, 3.8) is 0 Å². The van der Waals surface area contributed by atoms with Crippen molar-refractivity contribution < 1.29 is 4.74 Å². The van der Waals surface area contributed by atoms with Crippen LogP contribution >= 0.6 is 0 Å². The van der Waals surface area contributed by atoms with E-state index in [0.717, 1.165) is 10.8 Å². The largest absolute Gasteiger partial charge is 0.468 e. The Morgan fingerprint density at radius 1 is 1.00 bits per heavy atom. The van der Waals surface area contributed by atoms with Crippen molar-refractivity contribution in [3.05, 3.63) is 65.2 Å². The van der Waals surface area contributed by atoms with Gasteiger partial charge in [-0.25, -0.2) is 14.5 Å². The number of hydrogen-bond acceptors (Lipinski definition) is 5. The van der Waals surface area contributed by atoms with E-state index in [4.69, 9.17) is 4.74 Å². The normalized spacial score (nSPS) is 11.0. The molecule has 0 fully saturated rings. The van der Waals surface area contributed by atoms with E-state index < -0.39 is 0 Å². The quantitative estimate of drug-likeness (QED) is 0.568. The molecule has 112 valence electrons. The molecule has 4 aromatic rings. The summed E-state index contributed by atoms with van der Waals surface area (Å²) in [5.74, 6) is 0. The van der Waals surface area contributed by atoms with E-state index in [1.165, 1.54) is 24.1 Å². The van der Waals surface area contributed by atoms with Gasteiger partial charge in [0.2, 0.25) is 0 Å². The summed E-state index contributed by atoms with van der Waals surface area (Å²) in [4.78, 5) is 25.4. The number of aromatic nitrogens is 4. The highest BCUT2D eigenvalue weighted by molar-refractivity contribution is 5.90. The number of hydrogen-bond donors (Lipinski definition) is 0. The Morgan fingerprint density at radius 2 is 1.78 bits per heavy atom. The maximum absolute atomic E-state index is 12.9.